The van der Waals surface area contributed by atoms with Gasteiger partial charge >= 0.3 is 0 Å². The van der Waals surface area contributed by atoms with Crippen molar-refractivity contribution in [2.45, 2.75) is 64.8 Å². The molecule has 4 aliphatic rings. The Kier molecular flexibility index (Phi) is 5.69. The van der Waals surface area contributed by atoms with Crippen molar-refractivity contribution >= 4 is 5.91 Å². The number of tetrazole rings is 1. The van der Waals surface area contributed by atoms with Crippen molar-refractivity contribution in [2.75, 3.05) is 6.54 Å². The molecule has 0 bridgehead atoms. The van der Waals surface area contributed by atoms with Crippen LogP contribution in [0.25, 0.3) is 0 Å². The molecule has 2 heterocycles. The van der Waals surface area contributed by atoms with Gasteiger partial charge in [0.1, 0.15) is 6.33 Å². The van der Waals surface area contributed by atoms with E-state index in [0.717, 1.165) is 31.2 Å². The highest BCUT2D eigenvalue weighted by Crippen LogP contribution is 2.66. The molecule has 6 heteroatoms. The van der Waals surface area contributed by atoms with E-state index in [0.29, 0.717) is 17.4 Å². The first kappa shape index (κ1) is 21.0. The molecule has 1 aromatic rings. The minimum atomic E-state index is 0.113. The van der Waals surface area contributed by atoms with Gasteiger partial charge in [-0.1, -0.05) is 44.7 Å². The van der Waals surface area contributed by atoms with Gasteiger partial charge < -0.3 is 5.32 Å². The van der Waals surface area contributed by atoms with Crippen molar-refractivity contribution in [2.24, 2.45) is 28.6 Å². The van der Waals surface area contributed by atoms with E-state index in [4.69, 9.17) is 0 Å². The van der Waals surface area contributed by atoms with Crippen LogP contribution in [-0.4, -0.2) is 32.7 Å². The van der Waals surface area contributed by atoms with Gasteiger partial charge in [0.05, 0.1) is 6.04 Å². The first-order valence-corrected chi connectivity index (χ1v) is 11.4. The number of hydrogen-bond donors (Lipinski definition) is 1. The van der Waals surface area contributed by atoms with Crippen molar-refractivity contribution in [1.29, 1.82) is 0 Å². The smallest absolute Gasteiger partial charge is 0.243 e. The van der Waals surface area contributed by atoms with Crippen molar-refractivity contribution in [1.82, 2.24) is 25.5 Å². The van der Waals surface area contributed by atoms with Gasteiger partial charge in [-0.3, -0.25) is 4.79 Å². The lowest BCUT2D eigenvalue weighted by Gasteiger charge is -2.57. The molecular formula is C24H35N5O. The highest BCUT2D eigenvalue weighted by molar-refractivity contribution is 5.88. The highest BCUT2D eigenvalue weighted by atomic mass is 16.1. The van der Waals surface area contributed by atoms with Crippen molar-refractivity contribution in [3.8, 4) is 0 Å². The number of carbonyl (C=O) groups excluding carboxylic acids is 1. The monoisotopic (exact) mass is 409 g/mol. The van der Waals surface area contributed by atoms with E-state index in [1.807, 2.05) is 10.8 Å². The molecule has 1 N–H and O–H groups in total. The molecule has 5 rings (SSSR count). The molecule has 1 aromatic heterocycles. The summed E-state index contributed by atoms with van der Waals surface area (Å²) in [5.41, 5.74) is 1.90. The fourth-order valence-corrected chi connectivity index (χ4v) is 7.28. The Morgan fingerprint density at radius 3 is 2.63 bits per heavy atom. The van der Waals surface area contributed by atoms with Crippen LogP contribution in [0.2, 0.25) is 0 Å². The Bertz CT molecular complexity index is 825. The minimum absolute atomic E-state index is 0.113. The SMILES string of the molecule is C=CC=C.CC12CCNC(=O)C=C1CCC1C2CCC2(C)C1CCC2n1cnnn1. The number of fused-ring (bicyclic) bond motifs is 5. The molecular weight excluding hydrogens is 374 g/mol. The number of hydrogen-bond acceptors (Lipinski definition) is 4. The van der Waals surface area contributed by atoms with E-state index >= 15 is 0 Å². The molecule has 30 heavy (non-hydrogen) atoms. The zero-order chi connectivity index (χ0) is 21.4. The molecule has 3 fully saturated rings. The summed E-state index contributed by atoms with van der Waals surface area (Å²) in [7, 11) is 0. The first-order chi connectivity index (χ1) is 14.4. The average molecular weight is 410 g/mol. The number of nitrogens with one attached hydrogen (secondary N) is 1. The molecule has 6 unspecified atom stereocenters. The van der Waals surface area contributed by atoms with Crippen LogP contribution < -0.4 is 5.32 Å². The number of carbonyl (C=O) groups is 1. The summed E-state index contributed by atoms with van der Waals surface area (Å²) >= 11 is 0. The third-order valence-electron chi connectivity index (χ3n) is 8.79. The molecule has 0 aromatic carbocycles. The van der Waals surface area contributed by atoms with Gasteiger partial charge in [-0.05, 0) is 84.0 Å². The Labute approximate surface area is 179 Å². The number of aromatic nitrogens is 4. The normalized spacial score (nSPS) is 39.7. The number of rotatable bonds is 2. The minimum Gasteiger partial charge on any atom is -0.353 e. The molecule has 6 atom stereocenters. The first-order valence-electron chi connectivity index (χ1n) is 11.4. The lowest BCUT2D eigenvalue weighted by molar-refractivity contribution is -0.116. The van der Waals surface area contributed by atoms with E-state index in [1.165, 1.54) is 37.7 Å². The fourth-order valence-electron chi connectivity index (χ4n) is 7.28. The maximum Gasteiger partial charge on any atom is 0.243 e. The Morgan fingerprint density at radius 2 is 1.93 bits per heavy atom. The lowest BCUT2D eigenvalue weighted by atomic mass is 9.48. The second kappa shape index (κ2) is 8.12. The quantitative estimate of drug-likeness (QED) is 0.741. The van der Waals surface area contributed by atoms with Gasteiger partial charge in [-0.2, -0.15) is 0 Å². The summed E-state index contributed by atoms with van der Waals surface area (Å²) in [5.74, 6) is 2.34. The molecule has 162 valence electrons. The molecule has 3 aliphatic carbocycles. The molecule has 1 amide bonds. The third kappa shape index (κ3) is 3.34. The Balaban J connectivity index is 0.000000503. The van der Waals surface area contributed by atoms with Crippen LogP contribution in [-0.2, 0) is 4.79 Å². The van der Waals surface area contributed by atoms with Crippen LogP contribution >= 0.6 is 0 Å². The summed E-state index contributed by atoms with van der Waals surface area (Å²) in [6.07, 6.45) is 15.4. The zero-order valence-electron chi connectivity index (χ0n) is 18.4. The molecule has 0 spiro atoms. The van der Waals surface area contributed by atoms with Crippen molar-refractivity contribution < 1.29 is 4.79 Å². The molecule has 6 nitrogen and oxygen atoms in total. The van der Waals surface area contributed by atoms with Gasteiger partial charge in [0.2, 0.25) is 5.91 Å². The van der Waals surface area contributed by atoms with Gasteiger partial charge in [-0.25, -0.2) is 4.68 Å². The molecule has 3 saturated carbocycles. The number of amides is 1. The molecule has 0 radical (unpaired) electrons. The van der Waals surface area contributed by atoms with Crippen LogP contribution in [0.3, 0.4) is 0 Å². The number of nitrogens with zero attached hydrogens (tertiary/aromatic N) is 4. The largest absolute Gasteiger partial charge is 0.353 e. The van der Waals surface area contributed by atoms with E-state index in [9.17, 15) is 4.79 Å². The standard InChI is InChI=1S/C20H29N5O.C4H6/c1-19-9-10-21-18(26)11-13(19)3-4-14-15-5-6-17(25-12-22-23-24-25)20(15,2)8-7-16(14)19;1-3-4-2/h11-12,14-17H,3-10H2,1-2H3,(H,21,26);3-4H,1-2H2. The highest BCUT2D eigenvalue weighted by Gasteiger charge is 2.59. The average Bonchev–Trinajstić information content (AvgIpc) is 3.34. The van der Waals surface area contributed by atoms with E-state index < -0.39 is 0 Å². The van der Waals surface area contributed by atoms with E-state index in [1.54, 1.807) is 18.5 Å². The second-order valence-corrected chi connectivity index (χ2v) is 9.94. The second-order valence-electron chi connectivity index (χ2n) is 9.94. The fraction of sp³-hybridized carbons (Fsp3) is 0.667. The number of allylic oxidation sites excluding steroid dienone is 3. The van der Waals surface area contributed by atoms with Crippen LogP contribution in [0.1, 0.15) is 64.8 Å². The van der Waals surface area contributed by atoms with Gasteiger partial charge in [-0.15, -0.1) is 5.10 Å². The van der Waals surface area contributed by atoms with Gasteiger partial charge in [0.25, 0.3) is 0 Å². The van der Waals surface area contributed by atoms with Crippen molar-refractivity contribution in [3.63, 3.8) is 0 Å². The topological polar surface area (TPSA) is 72.7 Å². The molecule has 0 saturated heterocycles. The van der Waals surface area contributed by atoms with Crippen LogP contribution in [0.4, 0.5) is 0 Å². The summed E-state index contributed by atoms with van der Waals surface area (Å²) in [4.78, 5) is 12.0. The van der Waals surface area contributed by atoms with E-state index in [2.05, 4.69) is 47.8 Å². The van der Waals surface area contributed by atoms with Crippen LogP contribution in [0.15, 0.2) is 43.3 Å². The Morgan fingerprint density at radius 1 is 1.13 bits per heavy atom. The maximum atomic E-state index is 12.0. The Hall–Kier alpha value is -2.24. The summed E-state index contributed by atoms with van der Waals surface area (Å²) < 4.78 is 2.02. The third-order valence-corrected chi connectivity index (χ3v) is 8.79. The maximum absolute atomic E-state index is 12.0. The lowest BCUT2D eigenvalue weighted by Crippen LogP contribution is -2.50. The van der Waals surface area contributed by atoms with Gasteiger partial charge in [0, 0.05) is 12.6 Å². The van der Waals surface area contributed by atoms with Crippen LogP contribution in [0, 0.1) is 28.6 Å². The van der Waals surface area contributed by atoms with Gasteiger partial charge in [0.15, 0.2) is 0 Å². The summed E-state index contributed by atoms with van der Waals surface area (Å²) in [6, 6.07) is 0.436. The predicted octanol–water partition coefficient (Wildman–Crippen LogP) is 4.26. The van der Waals surface area contributed by atoms with Crippen LogP contribution in [0.5, 0.6) is 0 Å². The predicted molar refractivity (Wildman–Crippen MR) is 117 cm³/mol. The summed E-state index contributed by atoms with van der Waals surface area (Å²) in [6.45, 7) is 12.5. The zero-order valence-corrected chi connectivity index (χ0v) is 18.4. The van der Waals surface area contributed by atoms with Crippen molar-refractivity contribution in [3.05, 3.63) is 43.3 Å². The van der Waals surface area contributed by atoms with E-state index in [-0.39, 0.29) is 11.3 Å². The molecule has 1 aliphatic heterocycles. The summed E-state index contributed by atoms with van der Waals surface area (Å²) in [5, 5.41) is 15.1.